The number of amides is 2. The average molecular weight is 818 g/mol. The van der Waals surface area contributed by atoms with Crippen LogP contribution in [0, 0.1) is 5.92 Å². The number of ether oxygens (including phenoxy) is 4. The molecule has 0 spiro atoms. The highest BCUT2D eigenvalue weighted by Gasteiger charge is 2.22. The first kappa shape index (κ1) is 53.8. The number of carboxylic acid groups (broad SMARTS) is 3. The van der Waals surface area contributed by atoms with Crippen LogP contribution in [0.2, 0.25) is 0 Å². The molecule has 0 aliphatic carbocycles. The Kier molecular flexibility index (Phi) is 37.4. The Morgan fingerprint density at radius 2 is 0.877 bits per heavy atom. The van der Waals surface area contributed by atoms with E-state index in [0.29, 0.717) is 71.9 Å². The molecule has 0 saturated heterocycles. The quantitative estimate of drug-likeness (QED) is 0.0442. The molecule has 7 N–H and O–H groups in total. The number of hydrogen-bond acceptors (Lipinski definition) is 11. The number of rotatable bonds is 44. The minimum absolute atomic E-state index is 0.0252. The van der Waals surface area contributed by atoms with Crippen LogP contribution in [0.1, 0.15) is 148 Å². The summed E-state index contributed by atoms with van der Waals surface area (Å²) >= 11 is 0. The molecule has 0 rings (SSSR count). The Bertz CT molecular complexity index is 1060. The van der Waals surface area contributed by atoms with Crippen molar-refractivity contribution in [1.29, 1.82) is 0 Å². The van der Waals surface area contributed by atoms with Gasteiger partial charge in [-0.25, -0.2) is 0 Å². The minimum atomic E-state index is -1.06. The maximum atomic E-state index is 12.4. The molecule has 0 fully saturated rings. The lowest BCUT2D eigenvalue weighted by molar-refractivity contribution is -0.144. The van der Waals surface area contributed by atoms with Crippen LogP contribution < -0.4 is 16.4 Å². The van der Waals surface area contributed by atoms with Crippen molar-refractivity contribution in [3.63, 3.8) is 0 Å². The van der Waals surface area contributed by atoms with Crippen LogP contribution in [0.4, 0.5) is 0 Å². The number of carboxylic acids is 3. The Morgan fingerprint density at radius 1 is 0.439 bits per heavy atom. The molecular formula is C41H75N3O13. The van der Waals surface area contributed by atoms with Gasteiger partial charge in [-0.15, -0.1) is 0 Å². The zero-order chi connectivity index (χ0) is 42.2. The summed E-state index contributed by atoms with van der Waals surface area (Å²) in [5.74, 6) is -4.14. The summed E-state index contributed by atoms with van der Waals surface area (Å²) in [6.07, 6.45) is 18.0. The monoisotopic (exact) mass is 818 g/mol. The van der Waals surface area contributed by atoms with Crippen LogP contribution in [-0.4, -0.2) is 123 Å². The van der Waals surface area contributed by atoms with Gasteiger partial charge < -0.3 is 50.6 Å². The third kappa shape index (κ3) is 39.4. The molecule has 16 heteroatoms. The van der Waals surface area contributed by atoms with Gasteiger partial charge in [-0.3, -0.25) is 28.8 Å². The molecule has 2 amide bonds. The van der Waals surface area contributed by atoms with Crippen LogP contribution in [-0.2, 0) is 47.7 Å². The van der Waals surface area contributed by atoms with Gasteiger partial charge in [0.05, 0.1) is 58.8 Å². The summed E-state index contributed by atoms with van der Waals surface area (Å²) < 4.78 is 21.7. The van der Waals surface area contributed by atoms with Crippen LogP contribution in [0.15, 0.2) is 0 Å². The fraction of sp³-hybridized carbons (Fsp3) is 0.854. The van der Waals surface area contributed by atoms with Crippen molar-refractivity contribution in [1.82, 2.24) is 10.6 Å². The molecule has 0 aromatic carbocycles. The van der Waals surface area contributed by atoms with Gasteiger partial charge in [0.2, 0.25) is 11.8 Å². The van der Waals surface area contributed by atoms with Crippen molar-refractivity contribution < 1.29 is 63.0 Å². The van der Waals surface area contributed by atoms with Gasteiger partial charge in [0.25, 0.3) is 0 Å². The van der Waals surface area contributed by atoms with E-state index >= 15 is 0 Å². The SMILES string of the molecule is N[C@@H](CCCCNC(=O)CCOCCOCCOCCOCCNC(=O)CC[C@H](CC(=O)CCCCCCCCCCCCCCCCC(=O)O)C(=O)O)C(=O)O. The summed E-state index contributed by atoms with van der Waals surface area (Å²) in [6, 6.07) is -0.871. The van der Waals surface area contributed by atoms with Gasteiger partial charge in [-0.05, 0) is 38.5 Å². The molecule has 0 heterocycles. The maximum absolute atomic E-state index is 12.4. The fourth-order valence-corrected chi connectivity index (χ4v) is 5.92. The fourth-order valence-electron chi connectivity index (χ4n) is 5.92. The molecule has 16 nitrogen and oxygen atoms in total. The van der Waals surface area contributed by atoms with Gasteiger partial charge in [0, 0.05) is 45.2 Å². The molecule has 0 aromatic rings. The van der Waals surface area contributed by atoms with E-state index in [9.17, 15) is 33.9 Å². The van der Waals surface area contributed by atoms with Crippen LogP contribution in [0.3, 0.4) is 0 Å². The van der Waals surface area contributed by atoms with E-state index in [-0.39, 0.29) is 69.5 Å². The average Bonchev–Trinajstić information content (AvgIpc) is 3.17. The van der Waals surface area contributed by atoms with Gasteiger partial charge in [-0.1, -0.05) is 77.0 Å². The van der Waals surface area contributed by atoms with E-state index in [1.54, 1.807) is 0 Å². The summed E-state index contributed by atoms with van der Waals surface area (Å²) in [7, 11) is 0. The Hall–Kier alpha value is -3.18. The number of Topliss-reactive ketones (excluding diaryl/α,β-unsaturated/α-hetero) is 1. The first-order valence-electron chi connectivity index (χ1n) is 21.3. The van der Waals surface area contributed by atoms with Crippen LogP contribution in [0.25, 0.3) is 0 Å². The predicted octanol–water partition coefficient (Wildman–Crippen LogP) is 5.02. The zero-order valence-electron chi connectivity index (χ0n) is 34.5. The summed E-state index contributed by atoms with van der Waals surface area (Å²) in [5, 5.41) is 32.4. The summed E-state index contributed by atoms with van der Waals surface area (Å²) in [4.78, 5) is 69.2. The predicted molar refractivity (Wildman–Crippen MR) is 215 cm³/mol. The van der Waals surface area contributed by atoms with Crippen molar-refractivity contribution in [3.8, 4) is 0 Å². The Morgan fingerprint density at radius 3 is 1.37 bits per heavy atom. The molecule has 0 aliphatic heterocycles. The molecule has 57 heavy (non-hydrogen) atoms. The first-order chi connectivity index (χ1) is 27.5. The lowest BCUT2D eigenvalue weighted by Gasteiger charge is -2.12. The topological polar surface area (TPSA) is 250 Å². The second-order valence-corrected chi connectivity index (χ2v) is 14.5. The highest BCUT2D eigenvalue weighted by atomic mass is 16.6. The van der Waals surface area contributed by atoms with Crippen molar-refractivity contribution in [3.05, 3.63) is 0 Å². The number of nitrogens with one attached hydrogen (secondary N) is 2. The van der Waals surface area contributed by atoms with Crippen LogP contribution in [0.5, 0.6) is 0 Å². The summed E-state index contributed by atoms with van der Waals surface area (Å²) in [6.45, 7) is 3.43. The maximum Gasteiger partial charge on any atom is 0.320 e. The lowest BCUT2D eigenvalue weighted by atomic mass is 9.94. The second kappa shape index (κ2) is 39.6. The van der Waals surface area contributed by atoms with Gasteiger partial charge in [0.15, 0.2) is 0 Å². The molecule has 332 valence electrons. The smallest absolute Gasteiger partial charge is 0.320 e. The third-order valence-corrected chi connectivity index (χ3v) is 9.38. The standard InChI is InChI=1S/C41H75N3O13/c42-36(41(52)53)18-15-16-23-43-38(47)22-25-54-27-29-56-31-32-57-30-28-55-26-24-44-37(46)21-20-34(40(50)51)33-35(45)17-13-11-9-7-5-3-1-2-4-6-8-10-12-14-19-39(48)49/h34,36H,1-33,42H2,(H,43,47)(H,44,46)(H,48,49)(H,50,51)(H,52,53)/t34-,36+/m1/s1. The van der Waals surface area contributed by atoms with E-state index in [0.717, 1.165) is 44.9 Å². The number of carbonyl (C=O) groups is 6. The number of unbranched alkanes of at least 4 members (excludes halogenated alkanes) is 14. The minimum Gasteiger partial charge on any atom is -0.481 e. The molecule has 0 aromatic heterocycles. The number of aliphatic carboxylic acids is 3. The number of nitrogens with two attached hydrogens (primary N) is 1. The van der Waals surface area contributed by atoms with Crippen molar-refractivity contribution in [2.75, 3.05) is 65.9 Å². The molecule has 0 radical (unpaired) electrons. The number of ketones is 1. The van der Waals surface area contributed by atoms with E-state index in [4.69, 9.17) is 34.9 Å². The lowest BCUT2D eigenvalue weighted by Crippen LogP contribution is -2.30. The van der Waals surface area contributed by atoms with Crippen molar-refractivity contribution >= 4 is 35.5 Å². The normalized spacial score (nSPS) is 12.2. The molecule has 0 saturated carbocycles. The summed E-state index contributed by atoms with van der Waals surface area (Å²) in [5.41, 5.74) is 5.43. The van der Waals surface area contributed by atoms with E-state index in [1.807, 2.05) is 0 Å². The van der Waals surface area contributed by atoms with Gasteiger partial charge >= 0.3 is 17.9 Å². The van der Waals surface area contributed by atoms with Crippen LogP contribution >= 0.6 is 0 Å². The molecule has 0 bridgehead atoms. The largest absolute Gasteiger partial charge is 0.481 e. The van der Waals surface area contributed by atoms with Crippen molar-refractivity contribution in [2.24, 2.45) is 11.7 Å². The Balaban J connectivity index is 3.59. The molecule has 0 aliphatic rings. The Labute approximate surface area is 340 Å². The van der Waals surface area contributed by atoms with E-state index in [1.165, 1.54) is 44.9 Å². The molecular weight excluding hydrogens is 742 g/mol. The highest BCUT2D eigenvalue weighted by molar-refractivity contribution is 5.84. The highest BCUT2D eigenvalue weighted by Crippen LogP contribution is 2.17. The third-order valence-electron chi connectivity index (χ3n) is 9.38. The van der Waals surface area contributed by atoms with Gasteiger partial charge in [-0.2, -0.15) is 0 Å². The van der Waals surface area contributed by atoms with Gasteiger partial charge in [0.1, 0.15) is 11.8 Å². The first-order valence-corrected chi connectivity index (χ1v) is 21.3. The van der Waals surface area contributed by atoms with Crippen molar-refractivity contribution in [2.45, 2.75) is 154 Å². The number of carbonyl (C=O) groups excluding carboxylic acids is 3. The van der Waals surface area contributed by atoms with E-state index in [2.05, 4.69) is 10.6 Å². The van der Waals surface area contributed by atoms with E-state index < -0.39 is 29.9 Å². The second-order valence-electron chi connectivity index (χ2n) is 14.5. The number of hydrogen-bond donors (Lipinski definition) is 6. The molecule has 2 atom stereocenters. The zero-order valence-corrected chi connectivity index (χ0v) is 34.5. The molecule has 0 unspecified atom stereocenters.